The zero-order valence-corrected chi connectivity index (χ0v) is 7.86. The molecule has 0 saturated carbocycles. The van der Waals surface area contributed by atoms with Crippen LogP contribution in [0.15, 0.2) is 34.8 Å². The van der Waals surface area contributed by atoms with Gasteiger partial charge in [0.1, 0.15) is 5.75 Å². The monoisotopic (exact) mass is 202 g/mol. The first-order chi connectivity index (χ1) is 6.20. The van der Waals surface area contributed by atoms with Gasteiger partial charge in [-0.3, -0.25) is 0 Å². The van der Waals surface area contributed by atoms with E-state index in [0.717, 1.165) is 5.75 Å². The summed E-state index contributed by atoms with van der Waals surface area (Å²) in [5.74, 6) is 5.09. The van der Waals surface area contributed by atoms with Crippen LogP contribution in [0.1, 0.15) is 0 Å². The predicted octanol–water partition coefficient (Wildman–Crippen LogP) is 0.618. The van der Waals surface area contributed by atoms with Gasteiger partial charge in [0.05, 0.1) is 7.11 Å². The Morgan fingerprint density at radius 1 is 1.31 bits per heavy atom. The van der Waals surface area contributed by atoms with Crippen LogP contribution in [0.25, 0.3) is 0 Å². The number of hydrogen-bond acceptors (Lipinski definition) is 4. The van der Waals surface area contributed by atoms with Crippen molar-refractivity contribution >= 4 is 10.5 Å². The summed E-state index contributed by atoms with van der Waals surface area (Å²) < 4.78 is 25.4. The van der Waals surface area contributed by atoms with Gasteiger partial charge in [0.2, 0.25) is 0 Å². The first kappa shape index (κ1) is 11.6. The van der Waals surface area contributed by atoms with Gasteiger partial charge in [-0.05, 0) is 12.1 Å². The molecular weight excluding hydrogens is 192 g/mol. The molecule has 0 radical (unpaired) electrons. The highest BCUT2D eigenvalue weighted by molar-refractivity contribution is 7.61. The van der Waals surface area contributed by atoms with Crippen molar-refractivity contribution < 1.29 is 13.2 Å². The highest BCUT2D eigenvalue weighted by Crippen LogP contribution is 2.05. The quantitative estimate of drug-likeness (QED) is 0.534. The molecule has 0 fully saturated rings. The van der Waals surface area contributed by atoms with Crippen LogP contribution in [-0.2, 0) is 10.5 Å². The SMILES string of the molecule is COc1ccccc1.NN=S(=O)=O. The Bertz CT molecular complexity index is 339. The molecule has 2 N–H and O–H groups in total. The topological polar surface area (TPSA) is 81.8 Å². The summed E-state index contributed by atoms with van der Waals surface area (Å²) in [7, 11) is -0.758. The molecule has 5 nitrogen and oxygen atoms in total. The van der Waals surface area contributed by atoms with Gasteiger partial charge in [0.25, 0.3) is 0 Å². The molecule has 1 aromatic carbocycles. The van der Waals surface area contributed by atoms with E-state index < -0.39 is 10.5 Å². The minimum absolute atomic E-state index is 0.910. The van der Waals surface area contributed by atoms with Gasteiger partial charge < -0.3 is 4.74 Å². The number of nitrogens with two attached hydrogens (primary N) is 1. The van der Waals surface area contributed by atoms with E-state index in [-0.39, 0.29) is 0 Å². The molecule has 72 valence electrons. The lowest BCUT2D eigenvalue weighted by Gasteiger charge is -1.93. The Balaban J connectivity index is 0.000000252. The van der Waals surface area contributed by atoms with E-state index in [4.69, 9.17) is 13.2 Å². The third-order valence-electron chi connectivity index (χ3n) is 1.06. The average molecular weight is 202 g/mol. The lowest BCUT2D eigenvalue weighted by Crippen LogP contribution is -1.78. The largest absolute Gasteiger partial charge is 0.497 e. The number of hydrogen-bond donors (Lipinski definition) is 1. The van der Waals surface area contributed by atoms with E-state index in [2.05, 4.69) is 10.3 Å². The molecule has 0 aliphatic heterocycles. The van der Waals surface area contributed by atoms with Gasteiger partial charge in [0, 0.05) is 0 Å². The second kappa shape index (κ2) is 7.26. The lowest BCUT2D eigenvalue weighted by molar-refractivity contribution is 0.415. The van der Waals surface area contributed by atoms with Crippen molar-refractivity contribution in [2.45, 2.75) is 0 Å². The van der Waals surface area contributed by atoms with Gasteiger partial charge >= 0.3 is 10.5 Å². The van der Waals surface area contributed by atoms with Crippen LogP contribution in [0, 0.1) is 0 Å². The number of methoxy groups -OCH3 is 1. The van der Waals surface area contributed by atoms with Gasteiger partial charge in [-0.2, -0.15) is 8.42 Å². The van der Waals surface area contributed by atoms with Crippen LogP contribution in [0.5, 0.6) is 5.75 Å². The summed E-state index contributed by atoms with van der Waals surface area (Å²) in [6.07, 6.45) is 0. The third kappa shape index (κ3) is 6.98. The molecule has 0 spiro atoms. The van der Waals surface area contributed by atoms with Crippen LogP contribution in [0.2, 0.25) is 0 Å². The zero-order valence-electron chi connectivity index (χ0n) is 7.04. The molecule has 0 bridgehead atoms. The maximum Gasteiger partial charge on any atom is 0.327 e. The Hall–Kier alpha value is -1.40. The van der Waals surface area contributed by atoms with Crippen molar-refractivity contribution in [1.82, 2.24) is 0 Å². The molecule has 0 aliphatic carbocycles. The molecule has 6 heteroatoms. The Labute approximate surface area is 77.8 Å². The van der Waals surface area contributed by atoms with Crippen LogP contribution < -0.4 is 10.6 Å². The van der Waals surface area contributed by atoms with Crippen LogP contribution >= 0.6 is 0 Å². The molecule has 0 unspecified atom stereocenters. The molecule has 1 rings (SSSR count). The Morgan fingerprint density at radius 2 is 1.77 bits per heavy atom. The van der Waals surface area contributed by atoms with Gasteiger partial charge in [-0.15, -0.1) is 0 Å². The lowest BCUT2D eigenvalue weighted by atomic mass is 10.3. The highest BCUT2D eigenvalue weighted by atomic mass is 32.2. The van der Waals surface area contributed by atoms with Crippen molar-refractivity contribution in [1.29, 1.82) is 0 Å². The number of ether oxygens (including phenoxy) is 1. The zero-order chi connectivity index (χ0) is 10.1. The molecule has 0 saturated heterocycles. The fourth-order valence-corrected chi connectivity index (χ4v) is 0.557. The van der Waals surface area contributed by atoms with Gasteiger partial charge in [-0.25, -0.2) is 5.84 Å². The van der Waals surface area contributed by atoms with Gasteiger partial charge in [0.15, 0.2) is 0 Å². The average Bonchev–Trinajstić information content (AvgIpc) is 2.20. The van der Waals surface area contributed by atoms with Gasteiger partial charge in [-0.1, -0.05) is 22.7 Å². The summed E-state index contributed by atoms with van der Waals surface area (Å²) in [5.41, 5.74) is 0. The number of rotatable bonds is 1. The number of para-hydroxylation sites is 1. The van der Waals surface area contributed by atoms with Crippen LogP contribution in [0.3, 0.4) is 0 Å². The smallest absolute Gasteiger partial charge is 0.327 e. The fourth-order valence-electron chi connectivity index (χ4n) is 0.557. The van der Waals surface area contributed by atoms with Crippen molar-refractivity contribution in [3.05, 3.63) is 30.3 Å². The van der Waals surface area contributed by atoms with E-state index in [0.29, 0.717) is 0 Å². The fraction of sp³-hybridized carbons (Fsp3) is 0.143. The predicted molar refractivity (Wildman–Crippen MR) is 48.5 cm³/mol. The normalized spacial score (nSPS) is 7.85. The standard InChI is InChI=1S/C7H8O.H2N2O2S/c1-8-7-5-3-2-4-6-7;1-2-5(3)4/h2-6H,1H3;1H2. The molecule has 0 amide bonds. The van der Waals surface area contributed by atoms with Crippen LogP contribution in [-0.4, -0.2) is 15.5 Å². The third-order valence-corrected chi connectivity index (χ3v) is 1.24. The summed E-state index contributed by atoms with van der Waals surface area (Å²) >= 11 is 0. The van der Waals surface area contributed by atoms with Crippen molar-refractivity contribution in [2.24, 2.45) is 10.3 Å². The Morgan fingerprint density at radius 3 is 2.00 bits per heavy atom. The molecule has 0 heterocycles. The summed E-state index contributed by atoms with van der Waals surface area (Å²) in [6, 6.07) is 9.68. The summed E-state index contributed by atoms with van der Waals surface area (Å²) in [5, 5.41) is 0. The molecule has 0 aliphatic rings. The maximum atomic E-state index is 9.08. The first-order valence-electron chi connectivity index (χ1n) is 3.30. The maximum absolute atomic E-state index is 9.08. The minimum atomic E-state index is -2.42. The number of nitrogens with zero attached hydrogens (tertiary/aromatic N) is 1. The van der Waals surface area contributed by atoms with Crippen molar-refractivity contribution in [3.8, 4) is 5.75 Å². The van der Waals surface area contributed by atoms with E-state index in [1.165, 1.54) is 0 Å². The Kier molecular flexibility index (Phi) is 6.48. The molecule has 0 aromatic heterocycles. The second-order valence-corrected chi connectivity index (χ2v) is 2.48. The molecular formula is C7H10N2O3S. The summed E-state index contributed by atoms with van der Waals surface area (Å²) in [6.45, 7) is 0. The van der Waals surface area contributed by atoms with Crippen LogP contribution in [0.4, 0.5) is 0 Å². The first-order valence-corrected chi connectivity index (χ1v) is 4.33. The molecule has 13 heavy (non-hydrogen) atoms. The summed E-state index contributed by atoms with van der Waals surface area (Å²) in [4.78, 5) is 0. The van der Waals surface area contributed by atoms with E-state index >= 15 is 0 Å². The molecule has 1 aromatic rings. The molecule has 0 atom stereocenters. The highest BCUT2D eigenvalue weighted by Gasteiger charge is 1.80. The van der Waals surface area contributed by atoms with E-state index in [9.17, 15) is 0 Å². The van der Waals surface area contributed by atoms with E-state index in [1.807, 2.05) is 30.3 Å². The number of benzene rings is 1. The van der Waals surface area contributed by atoms with Crippen molar-refractivity contribution in [3.63, 3.8) is 0 Å². The van der Waals surface area contributed by atoms with Crippen molar-refractivity contribution in [2.75, 3.05) is 7.11 Å². The minimum Gasteiger partial charge on any atom is -0.497 e. The van der Waals surface area contributed by atoms with E-state index in [1.54, 1.807) is 7.11 Å². The second-order valence-electron chi connectivity index (χ2n) is 1.84.